The van der Waals surface area contributed by atoms with E-state index in [9.17, 15) is 0 Å². The van der Waals surface area contributed by atoms with Gasteiger partial charge in [0.25, 0.3) is 0 Å². The molecule has 1 N–H and O–H groups in total. The molecule has 0 aliphatic carbocycles. The molecule has 1 heterocycles. The molecule has 0 unspecified atom stereocenters. The largest absolute Gasteiger partial charge is 0.490 e. The Labute approximate surface area is 133 Å². The second-order valence-corrected chi connectivity index (χ2v) is 5.67. The molecule has 1 aromatic heterocycles. The molecule has 0 saturated carbocycles. The third-order valence-electron chi connectivity index (χ3n) is 3.09. The first-order valence-corrected chi connectivity index (χ1v) is 8.14. The number of benzene rings is 2. The highest BCUT2D eigenvalue weighted by Crippen LogP contribution is 2.33. The van der Waals surface area contributed by atoms with Gasteiger partial charge in [0.05, 0.1) is 23.4 Å². The summed E-state index contributed by atoms with van der Waals surface area (Å²) in [5.74, 6) is 1.51. The summed E-state index contributed by atoms with van der Waals surface area (Å²) in [6.07, 6.45) is 0. The van der Waals surface area contributed by atoms with E-state index in [1.807, 2.05) is 50.2 Å². The van der Waals surface area contributed by atoms with Gasteiger partial charge in [0.2, 0.25) is 0 Å². The van der Waals surface area contributed by atoms with E-state index in [1.54, 1.807) is 11.3 Å². The molecule has 2 aromatic carbocycles. The van der Waals surface area contributed by atoms with Crippen LogP contribution in [-0.2, 0) is 0 Å². The zero-order valence-corrected chi connectivity index (χ0v) is 13.4. The van der Waals surface area contributed by atoms with E-state index in [-0.39, 0.29) is 0 Å². The fraction of sp³-hybridized carbons (Fsp3) is 0.235. The van der Waals surface area contributed by atoms with E-state index >= 15 is 0 Å². The Bertz CT molecular complexity index is 737. The molecule has 3 rings (SSSR count). The van der Waals surface area contributed by atoms with Gasteiger partial charge in [-0.25, -0.2) is 4.98 Å². The van der Waals surface area contributed by atoms with Gasteiger partial charge in [0, 0.05) is 11.8 Å². The highest BCUT2D eigenvalue weighted by Gasteiger charge is 2.08. The van der Waals surface area contributed by atoms with Crippen LogP contribution in [0.1, 0.15) is 13.8 Å². The first kappa shape index (κ1) is 14.7. The summed E-state index contributed by atoms with van der Waals surface area (Å²) in [5, 5.41) is 4.20. The van der Waals surface area contributed by atoms with E-state index in [2.05, 4.69) is 16.4 Å². The zero-order chi connectivity index (χ0) is 15.4. The van der Waals surface area contributed by atoms with Crippen LogP contribution in [0.15, 0.2) is 42.5 Å². The number of nitrogens with one attached hydrogen (secondary N) is 1. The number of rotatable bonds is 6. The van der Waals surface area contributed by atoms with E-state index in [4.69, 9.17) is 9.47 Å². The molecule has 114 valence electrons. The van der Waals surface area contributed by atoms with E-state index in [0.717, 1.165) is 27.8 Å². The van der Waals surface area contributed by atoms with Gasteiger partial charge in [-0.1, -0.05) is 23.5 Å². The van der Waals surface area contributed by atoms with Crippen molar-refractivity contribution in [1.29, 1.82) is 0 Å². The maximum Gasteiger partial charge on any atom is 0.188 e. The third kappa shape index (κ3) is 3.14. The SMILES string of the molecule is CCOc1ccc(Nc2nc3ccccc3s2)cc1OCC. The lowest BCUT2D eigenvalue weighted by molar-refractivity contribution is 0.288. The standard InChI is InChI=1S/C17H18N2O2S/c1-3-20-14-10-9-12(11-15(14)21-4-2)18-17-19-13-7-5-6-8-16(13)22-17/h5-11H,3-4H2,1-2H3,(H,18,19). The lowest BCUT2D eigenvalue weighted by Gasteiger charge is -2.12. The average molecular weight is 314 g/mol. The van der Waals surface area contributed by atoms with E-state index in [0.29, 0.717) is 13.2 Å². The van der Waals surface area contributed by atoms with Crippen LogP contribution in [0.3, 0.4) is 0 Å². The van der Waals surface area contributed by atoms with Crippen LogP contribution in [0, 0.1) is 0 Å². The highest BCUT2D eigenvalue weighted by atomic mass is 32.1. The fourth-order valence-electron chi connectivity index (χ4n) is 2.18. The average Bonchev–Trinajstić information content (AvgIpc) is 2.92. The Morgan fingerprint density at radius 2 is 1.77 bits per heavy atom. The molecule has 0 atom stereocenters. The molecule has 0 amide bonds. The van der Waals surface area contributed by atoms with Crippen molar-refractivity contribution in [2.75, 3.05) is 18.5 Å². The molecular formula is C17H18N2O2S. The van der Waals surface area contributed by atoms with Gasteiger partial charge < -0.3 is 14.8 Å². The van der Waals surface area contributed by atoms with Crippen molar-refractivity contribution >= 4 is 32.4 Å². The van der Waals surface area contributed by atoms with Crippen molar-refractivity contribution in [3.05, 3.63) is 42.5 Å². The number of nitrogens with zero attached hydrogens (tertiary/aromatic N) is 1. The van der Waals surface area contributed by atoms with Crippen molar-refractivity contribution < 1.29 is 9.47 Å². The number of aromatic nitrogens is 1. The van der Waals surface area contributed by atoms with Crippen molar-refractivity contribution in [3.63, 3.8) is 0 Å². The maximum atomic E-state index is 5.64. The zero-order valence-electron chi connectivity index (χ0n) is 12.6. The molecule has 22 heavy (non-hydrogen) atoms. The van der Waals surface area contributed by atoms with Gasteiger partial charge in [-0.15, -0.1) is 0 Å². The topological polar surface area (TPSA) is 43.4 Å². The number of hydrogen-bond acceptors (Lipinski definition) is 5. The van der Waals surface area contributed by atoms with Crippen LogP contribution < -0.4 is 14.8 Å². The molecule has 0 aliphatic heterocycles. The lowest BCUT2D eigenvalue weighted by atomic mass is 10.2. The lowest BCUT2D eigenvalue weighted by Crippen LogP contribution is -1.99. The quantitative estimate of drug-likeness (QED) is 0.707. The minimum atomic E-state index is 0.602. The first-order valence-electron chi connectivity index (χ1n) is 7.32. The first-order chi connectivity index (χ1) is 10.8. The molecule has 0 aliphatic rings. The van der Waals surface area contributed by atoms with Crippen molar-refractivity contribution in [3.8, 4) is 11.5 Å². The molecule has 5 heteroatoms. The Morgan fingerprint density at radius 3 is 2.55 bits per heavy atom. The smallest absolute Gasteiger partial charge is 0.188 e. The van der Waals surface area contributed by atoms with E-state index in [1.165, 1.54) is 4.70 Å². The number of thiazole rings is 1. The molecular weight excluding hydrogens is 296 g/mol. The number of hydrogen-bond donors (Lipinski definition) is 1. The summed E-state index contributed by atoms with van der Waals surface area (Å²) in [5.41, 5.74) is 1.94. The van der Waals surface area contributed by atoms with Gasteiger partial charge in [-0.2, -0.15) is 0 Å². The van der Waals surface area contributed by atoms with Crippen LogP contribution in [0.25, 0.3) is 10.2 Å². The summed E-state index contributed by atoms with van der Waals surface area (Å²) >= 11 is 1.63. The predicted molar refractivity (Wildman–Crippen MR) is 91.7 cm³/mol. The molecule has 0 spiro atoms. The summed E-state index contributed by atoms with van der Waals surface area (Å²) in [4.78, 5) is 4.58. The molecule has 4 nitrogen and oxygen atoms in total. The molecule has 0 fully saturated rings. The summed E-state index contributed by atoms with van der Waals surface area (Å²) in [6, 6.07) is 13.9. The number of fused-ring (bicyclic) bond motifs is 1. The maximum absolute atomic E-state index is 5.64. The van der Waals surface area contributed by atoms with Crippen LogP contribution in [-0.4, -0.2) is 18.2 Å². The number of para-hydroxylation sites is 1. The Hall–Kier alpha value is -2.27. The summed E-state index contributed by atoms with van der Waals surface area (Å²) in [7, 11) is 0. The van der Waals surface area contributed by atoms with Gasteiger partial charge in [-0.3, -0.25) is 0 Å². The fourth-order valence-corrected chi connectivity index (χ4v) is 3.06. The van der Waals surface area contributed by atoms with Gasteiger partial charge in [0.1, 0.15) is 0 Å². The second-order valence-electron chi connectivity index (χ2n) is 4.64. The molecule has 0 bridgehead atoms. The van der Waals surface area contributed by atoms with Crippen molar-refractivity contribution in [2.24, 2.45) is 0 Å². The van der Waals surface area contributed by atoms with Crippen LogP contribution in [0.5, 0.6) is 11.5 Å². The molecule has 3 aromatic rings. The van der Waals surface area contributed by atoms with Crippen LogP contribution in [0.4, 0.5) is 10.8 Å². The normalized spacial score (nSPS) is 10.6. The Morgan fingerprint density at radius 1 is 1.00 bits per heavy atom. The van der Waals surface area contributed by atoms with Crippen molar-refractivity contribution in [1.82, 2.24) is 4.98 Å². The Kier molecular flexibility index (Phi) is 4.44. The minimum Gasteiger partial charge on any atom is -0.490 e. The Balaban J connectivity index is 1.86. The molecule has 0 saturated heterocycles. The van der Waals surface area contributed by atoms with Gasteiger partial charge in [0.15, 0.2) is 16.6 Å². The van der Waals surface area contributed by atoms with Crippen LogP contribution >= 0.6 is 11.3 Å². The number of ether oxygens (including phenoxy) is 2. The third-order valence-corrected chi connectivity index (χ3v) is 4.04. The van der Waals surface area contributed by atoms with Crippen LogP contribution in [0.2, 0.25) is 0 Å². The monoisotopic (exact) mass is 314 g/mol. The summed E-state index contributed by atoms with van der Waals surface area (Å²) < 4.78 is 12.4. The summed E-state index contributed by atoms with van der Waals surface area (Å²) in [6.45, 7) is 5.14. The predicted octanol–water partition coefficient (Wildman–Crippen LogP) is 4.84. The van der Waals surface area contributed by atoms with Crippen molar-refractivity contribution in [2.45, 2.75) is 13.8 Å². The molecule has 0 radical (unpaired) electrons. The minimum absolute atomic E-state index is 0.602. The van der Waals surface area contributed by atoms with Gasteiger partial charge >= 0.3 is 0 Å². The van der Waals surface area contributed by atoms with E-state index < -0.39 is 0 Å². The second kappa shape index (κ2) is 6.66. The van der Waals surface area contributed by atoms with Gasteiger partial charge in [-0.05, 0) is 38.1 Å². The highest BCUT2D eigenvalue weighted by molar-refractivity contribution is 7.22. The number of anilines is 2.